The molecule has 1 amide bonds. The Morgan fingerprint density at radius 2 is 2.14 bits per heavy atom. The Balaban J connectivity index is 2.68. The van der Waals surface area contributed by atoms with E-state index in [9.17, 15) is 9.59 Å². The van der Waals surface area contributed by atoms with Gasteiger partial charge in [0.1, 0.15) is 0 Å². The van der Waals surface area contributed by atoms with Crippen molar-refractivity contribution in [2.24, 2.45) is 0 Å². The molecule has 1 unspecified atom stereocenters. The zero-order chi connectivity index (χ0) is 10.7. The van der Waals surface area contributed by atoms with Gasteiger partial charge in [0.2, 0.25) is 6.23 Å². The van der Waals surface area contributed by atoms with E-state index in [1.807, 2.05) is 0 Å². The minimum absolute atomic E-state index is 0.154. The van der Waals surface area contributed by atoms with Gasteiger partial charge >= 0.3 is 6.16 Å². The van der Waals surface area contributed by atoms with Gasteiger partial charge in [0, 0.05) is 13.1 Å². The van der Waals surface area contributed by atoms with Gasteiger partial charge in [0.15, 0.2) is 5.76 Å². The summed E-state index contributed by atoms with van der Waals surface area (Å²) in [7, 11) is 4.07. The maximum atomic E-state index is 11.3. The van der Waals surface area contributed by atoms with Crippen molar-refractivity contribution >= 4 is 12.1 Å². The van der Waals surface area contributed by atoms with Crippen LogP contribution < -0.4 is 0 Å². The first-order chi connectivity index (χ1) is 6.60. The third-order valence-electron chi connectivity index (χ3n) is 1.81. The molecule has 0 aliphatic carbocycles. The first kappa shape index (κ1) is 10.4. The Hall–Kier alpha value is -1.72. The van der Waals surface area contributed by atoms with E-state index in [1.54, 1.807) is 0 Å². The van der Waals surface area contributed by atoms with Gasteiger partial charge in [0.25, 0.3) is 5.91 Å². The molecule has 0 bridgehead atoms. The van der Waals surface area contributed by atoms with E-state index in [-0.39, 0.29) is 11.7 Å². The maximum absolute atomic E-state index is 11.3. The van der Waals surface area contributed by atoms with E-state index < -0.39 is 12.4 Å². The Bertz CT molecular complexity index is 285. The second-order valence-electron chi connectivity index (χ2n) is 2.61. The average molecular weight is 201 g/mol. The Morgan fingerprint density at radius 3 is 2.57 bits per heavy atom. The molecule has 0 fully saturated rings. The van der Waals surface area contributed by atoms with Gasteiger partial charge in [-0.1, -0.05) is 0 Å². The lowest BCUT2D eigenvalue weighted by molar-refractivity contribution is -0.132. The molecule has 14 heavy (non-hydrogen) atoms. The monoisotopic (exact) mass is 201 g/mol. The molecule has 0 aromatic heterocycles. The molecule has 1 rings (SSSR count). The molecule has 0 saturated heterocycles. The Labute approximate surface area is 81.0 Å². The topological polar surface area (TPSA) is 65.1 Å². The first-order valence-corrected chi connectivity index (χ1v) is 3.87. The minimum Gasteiger partial charge on any atom is -0.491 e. The largest absolute Gasteiger partial charge is 0.510 e. The third kappa shape index (κ3) is 1.78. The summed E-state index contributed by atoms with van der Waals surface area (Å²) in [6, 6.07) is 0. The quantitative estimate of drug-likeness (QED) is 0.593. The van der Waals surface area contributed by atoms with Gasteiger partial charge in [-0.15, -0.1) is 0 Å². The lowest BCUT2D eigenvalue weighted by Gasteiger charge is -2.17. The summed E-state index contributed by atoms with van der Waals surface area (Å²) in [5.41, 5.74) is 0. The van der Waals surface area contributed by atoms with E-state index in [4.69, 9.17) is 9.47 Å². The summed E-state index contributed by atoms with van der Waals surface area (Å²) in [6.07, 6.45) is -0.202. The van der Waals surface area contributed by atoms with Gasteiger partial charge in [-0.2, -0.15) is 0 Å². The van der Waals surface area contributed by atoms with E-state index in [0.29, 0.717) is 0 Å². The van der Waals surface area contributed by atoms with Gasteiger partial charge < -0.3 is 14.2 Å². The molecule has 0 N–H and O–H groups in total. The molecule has 0 saturated carbocycles. The average Bonchev–Trinajstić information content (AvgIpc) is 2.45. The third-order valence-corrected chi connectivity index (χ3v) is 1.81. The van der Waals surface area contributed by atoms with Crippen molar-refractivity contribution in [3.8, 4) is 0 Å². The second kappa shape index (κ2) is 3.99. The van der Waals surface area contributed by atoms with Crippen LogP contribution in [0.5, 0.6) is 0 Å². The first-order valence-electron chi connectivity index (χ1n) is 3.87. The fourth-order valence-corrected chi connectivity index (χ4v) is 1.02. The predicted molar refractivity (Wildman–Crippen MR) is 45.1 cm³/mol. The second-order valence-corrected chi connectivity index (χ2v) is 2.61. The van der Waals surface area contributed by atoms with Crippen molar-refractivity contribution in [3.63, 3.8) is 0 Å². The van der Waals surface area contributed by atoms with E-state index in [1.165, 1.54) is 32.2 Å². The number of methoxy groups -OCH3 is 2. The van der Waals surface area contributed by atoms with Gasteiger partial charge in [-0.25, -0.2) is 4.79 Å². The van der Waals surface area contributed by atoms with Crippen molar-refractivity contribution in [1.82, 2.24) is 4.90 Å². The van der Waals surface area contributed by atoms with Crippen molar-refractivity contribution in [2.75, 3.05) is 21.3 Å². The smallest absolute Gasteiger partial charge is 0.491 e. The zero-order valence-electron chi connectivity index (χ0n) is 8.14. The lowest BCUT2D eigenvalue weighted by Crippen LogP contribution is -2.34. The van der Waals surface area contributed by atoms with Crippen LogP contribution in [0.2, 0.25) is 0 Å². The van der Waals surface area contributed by atoms with Gasteiger partial charge in [0.05, 0.1) is 14.2 Å². The molecule has 1 aliphatic heterocycles. The molecule has 1 heterocycles. The molecule has 6 heteroatoms. The molecule has 1 aliphatic rings. The fourth-order valence-electron chi connectivity index (χ4n) is 1.02. The predicted octanol–water partition coefficient (Wildman–Crippen LogP) is 0.0978. The standard InChI is InChI=1S/C8H11NO5/c1-9-6(14-8(11)13-3)4-5(12-2)7(9)10/h4,6H,1-3H3. The van der Waals surface area contributed by atoms with Crippen molar-refractivity contribution < 1.29 is 23.8 Å². The van der Waals surface area contributed by atoms with Crippen molar-refractivity contribution in [1.29, 1.82) is 0 Å². The molecule has 0 spiro atoms. The van der Waals surface area contributed by atoms with E-state index >= 15 is 0 Å². The summed E-state index contributed by atoms with van der Waals surface area (Å²) in [5, 5.41) is 0. The normalized spacial score (nSPS) is 20.5. The molecule has 1 atom stereocenters. The number of nitrogens with zero attached hydrogens (tertiary/aromatic N) is 1. The van der Waals surface area contributed by atoms with Gasteiger partial charge in [-0.05, 0) is 0 Å². The molecule has 0 radical (unpaired) electrons. The zero-order valence-corrected chi connectivity index (χ0v) is 8.14. The molecule has 0 aromatic rings. The summed E-state index contributed by atoms with van der Waals surface area (Å²) < 4.78 is 13.8. The summed E-state index contributed by atoms with van der Waals surface area (Å²) in [5.74, 6) is -0.178. The number of ether oxygens (including phenoxy) is 3. The Kier molecular flexibility index (Phi) is 2.95. The van der Waals surface area contributed by atoms with Crippen LogP contribution in [0.3, 0.4) is 0 Å². The molecule has 6 nitrogen and oxygen atoms in total. The van der Waals surface area contributed by atoms with E-state index in [0.717, 1.165) is 0 Å². The highest BCUT2D eigenvalue weighted by Crippen LogP contribution is 2.17. The van der Waals surface area contributed by atoms with Crippen LogP contribution in [-0.2, 0) is 19.0 Å². The molecular formula is C8H11NO5. The van der Waals surface area contributed by atoms with Crippen LogP contribution in [-0.4, -0.2) is 44.5 Å². The highest BCUT2D eigenvalue weighted by Gasteiger charge is 2.33. The van der Waals surface area contributed by atoms with Crippen LogP contribution in [0.1, 0.15) is 0 Å². The van der Waals surface area contributed by atoms with E-state index in [2.05, 4.69) is 4.74 Å². The van der Waals surface area contributed by atoms with Gasteiger partial charge in [-0.3, -0.25) is 9.69 Å². The molecule has 78 valence electrons. The number of amides is 1. The van der Waals surface area contributed by atoms with Crippen LogP contribution in [0, 0.1) is 0 Å². The van der Waals surface area contributed by atoms with Crippen molar-refractivity contribution in [3.05, 3.63) is 11.8 Å². The van der Waals surface area contributed by atoms with Crippen LogP contribution >= 0.6 is 0 Å². The highest BCUT2D eigenvalue weighted by molar-refractivity contribution is 5.94. The molecule has 0 aromatic carbocycles. The van der Waals surface area contributed by atoms with Crippen molar-refractivity contribution in [2.45, 2.75) is 6.23 Å². The Morgan fingerprint density at radius 1 is 1.50 bits per heavy atom. The summed E-state index contributed by atoms with van der Waals surface area (Å²) in [4.78, 5) is 23.3. The van der Waals surface area contributed by atoms with Crippen LogP contribution in [0.25, 0.3) is 0 Å². The summed E-state index contributed by atoms with van der Waals surface area (Å²) in [6.45, 7) is 0. The van der Waals surface area contributed by atoms with Crippen LogP contribution in [0.4, 0.5) is 4.79 Å². The number of rotatable bonds is 2. The number of hydrogen-bond acceptors (Lipinski definition) is 5. The fraction of sp³-hybridized carbons (Fsp3) is 0.500. The summed E-state index contributed by atoms with van der Waals surface area (Å²) >= 11 is 0. The highest BCUT2D eigenvalue weighted by atomic mass is 16.7. The van der Waals surface area contributed by atoms with Crippen LogP contribution in [0.15, 0.2) is 11.8 Å². The maximum Gasteiger partial charge on any atom is 0.510 e. The molecular weight excluding hydrogens is 190 g/mol. The number of carbonyl (C=O) groups is 2. The number of hydrogen-bond donors (Lipinski definition) is 0. The SMILES string of the molecule is COC(=O)OC1C=C(OC)C(=O)N1C. The minimum atomic E-state index is -0.844. The number of carbonyl (C=O) groups excluding carboxylic acids is 2. The lowest BCUT2D eigenvalue weighted by atomic mass is 10.5. The number of likely N-dealkylation sites (N-methyl/N-ethyl adjacent to an activating group) is 1.